The molecule has 0 bridgehead atoms. The Labute approximate surface area is 186 Å². The topological polar surface area (TPSA) is 95.9 Å². The Balaban J connectivity index is 2.46. The largest absolute Gasteiger partial charge is 0.447 e. The zero-order valence-corrected chi connectivity index (χ0v) is 19.0. The number of aliphatic hydroxyl groups excluding tert-OH is 1. The number of carbonyl (C=O) groups is 1. The van der Waals surface area contributed by atoms with Gasteiger partial charge in [-0.1, -0.05) is 36.2 Å². The molecule has 0 aliphatic carbocycles. The molecule has 0 radical (unpaired) electrons. The van der Waals surface area contributed by atoms with Crippen molar-refractivity contribution in [3.8, 4) is 0 Å². The van der Waals surface area contributed by atoms with Crippen molar-refractivity contribution in [3.05, 3.63) is 58.1 Å². The lowest BCUT2D eigenvalue weighted by atomic mass is 10.1. The second kappa shape index (κ2) is 10.9. The van der Waals surface area contributed by atoms with Crippen LogP contribution >= 0.6 is 23.2 Å². The summed E-state index contributed by atoms with van der Waals surface area (Å²) in [6.07, 6.45) is 0.102. The van der Waals surface area contributed by atoms with Crippen molar-refractivity contribution in [1.82, 2.24) is 5.32 Å². The summed E-state index contributed by atoms with van der Waals surface area (Å²) >= 11 is 12.0. The summed E-state index contributed by atoms with van der Waals surface area (Å²) in [5, 5.41) is 13.0. The van der Waals surface area contributed by atoms with E-state index in [1.807, 2.05) is 6.92 Å². The number of aliphatic hydroxyl groups is 1. The molecule has 164 valence electrons. The first-order chi connectivity index (χ1) is 14.2. The minimum absolute atomic E-state index is 0.00181. The Kier molecular flexibility index (Phi) is 8.78. The number of sulfonamides is 1. The highest BCUT2D eigenvalue weighted by atomic mass is 35.5. The zero-order valence-electron chi connectivity index (χ0n) is 16.6. The average Bonchev–Trinajstić information content (AvgIpc) is 2.71. The van der Waals surface area contributed by atoms with Crippen LogP contribution in [-0.4, -0.2) is 38.8 Å². The maximum atomic E-state index is 13.5. The highest BCUT2D eigenvalue weighted by molar-refractivity contribution is 7.92. The number of hydrogen-bond donors (Lipinski definition) is 2. The van der Waals surface area contributed by atoms with Gasteiger partial charge in [-0.25, -0.2) is 13.2 Å². The molecule has 0 spiro atoms. The van der Waals surface area contributed by atoms with Gasteiger partial charge in [-0.2, -0.15) is 0 Å². The molecule has 2 aromatic rings. The molecule has 0 saturated carbocycles. The maximum Gasteiger partial charge on any atom is 0.407 e. The van der Waals surface area contributed by atoms with Crippen molar-refractivity contribution in [1.29, 1.82) is 0 Å². The van der Waals surface area contributed by atoms with Crippen LogP contribution < -0.4 is 9.62 Å². The monoisotopic (exact) mass is 474 g/mol. The van der Waals surface area contributed by atoms with Crippen molar-refractivity contribution < 1.29 is 23.1 Å². The predicted molar refractivity (Wildman–Crippen MR) is 118 cm³/mol. The number of halogens is 2. The van der Waals surface area contributed by atoms with Crippen LogP contribution in [0.4, 0.5) is 10.5 Å². The number of carbonyl (C=O) groups excluding carboxylic acids is 1. The van der Waals surface area contributed by atoms with E-state index in [1.54, 1.807) is 19.1 Å². The van der Waals surface area contributed by atoms with E-state index in [-0.39, 0.29) is 17.2 Å². The Morgan fingerprint density at radius 3 is 2.40 bits per heavy atom. The van der Waals surface area contributed by atoms with Crippen LogP contribution in [0.1, 0.15) is 25.8 Å². The SMILES string of the molecule is CCCNC(=O)OC[C@H](C)N(c1cc(Cl)ccc1CO)S(=O)(=O)c1ccc(Cl)cc1. The summed E-state index contributed by atoms with van der Waals surface area (Å²) in [5.41, 5.74) is 0.559. The van der Waals surface area contributed by atoms with Crippen LogP contribution in [0.25, 0.3) is 0 Å². The van der Waals surface area contributed by atoms with Crippen molar-refractivity contribution in [2.24, 2.45) is 0 Å². The molecule has 0 unspecified atom stereocenters. The summed E-state index contributed by atoms with van der Waals surface area (Å²) in [6, 6.07) is 9.47. The minimum atomic E-state index is -4.09. The van der Waals surface area contributed by atoms with E-state index in [1.165, 1.54) is 30.3 Å². The molecular formula is C20H24Cl2N2O5S. The molecule has 2 rings (SSSR count). The second-order valence-corrected chi connectivity index (χ2v) is 9.25. The van der Waals surface area contributed by atoms with Crippen molar-refractivity contribution in [3.63, 3.8) is 0 Å². The third-order valence-electron chi connectivity index (χ3n) is 4.20. The lowest BCUT2D eigenvalue weighted by Gasteiger charge is -2.31. The average molecular weight is 475 g/mol. The summed E-state index contributed by atoms with van der Waals surface area (Å²) < 4.78 is 33.3. The Bertz CT molecular complexity index is 968. The van der Waals surface area contributed by atoms with Gasteiger partial charge in [0.05, 0.1) is 23.2 Å². The summed E-state index contributed by atoms with van der Waals surface area (Å²) in [5.74, 6) is 0. The van der Waals surface area contributed by atoms with Gasteiger partial charge < -0.3 is 15.2 Å². The predicted octanol–water partition coefficient (Wildman–Crippen LogP) is 4.21. The molecule has 0 fully saturated rings. The van der Waals surface area contributed by atoms with E-state index in [0.717, 1.165) is 10.7 Å². The van der Waals surface area contributed by atoms with Crippen LogP contribution in [-0.2, 0) is 21.4 Å². The second-order valence-electron chi connectivity index (χ2n) is 6.56. The van der Waals surface area contributed by atoms with E-state index in [0.29, 0.717) is 22.2 Å². The van der Waals surface area contributed by atoms with E-state index in [9.17, 15) is 18.3 Å². The fourth-order valence-corrected chi connectivity index (χ4v) is 4.70. The third kappa shape index (κ3) is 6.01. The highest BCUT2D eigenvalue weighted by Gasteiger charge is 2.32. The molecule has 1 atom stereocenters. The number of benzene rings is 2. The van der Waals surface area contributed by atoms with Gasteiger partial charge in [0, 0.05) is 22.2 Å². The fraction of sp³-hybridized carbons (Fsp3) is 0.350. The third-order valence-corrected chi connectivity index (χ3v) is 6.63. The van der Waals surface area contributed by atoms with Crippen LogP contribution in [0, 0.1) is 0 Å². The first-order valence-electron chi connectivity index (χ1n) is 9.30. The van der Waals surface area contributed by atoms with E-state index in [2.05, 4.69) is 5.32 Å². The van der Waals surface area contributed by atoms with Crippen molar-refractivity contribution in [2.45, 2.75) is 37.8 Å². The molecule has 7 nitrogen and oxygen atoms in total. The van der Waals surface area contributed by atoms with Gasteiger partial charge in [0.1, 0.15) is 6.61 Å². The standard InChI is InChI=1S/C20H24Cl2N2O5S/c1-3-10-23-20(26)29-13-14(2)24(19-11-17(22)5-4-15(19)12-25)30(27,28)18-8-6-16(21)7-9-18/h4-9,11,14,25H,3,10,12-13H2,1-2H3,(H,23,26)/t14-/m0/s1. The van der Waals surface area contributed by atoms with Crippen molar-refractivity contribution >= 4 is 45.0 Å². The number of amides is 1. The Morgan fingerprint density at radius 1 is 1.17 bits per heavy atom. The molecule has 0 aliphatic rings. The number of rotatable bonds is 9. The number of nitrogens with one attached hydrogen (secondary N) is 1. The van der Waals surface area contributed by atoms with Gasteiger partial charge >= 0.3 is 6.09 Å². The number of alkyl carbamates (subject to hydrolysis) is 1. The normalized spacial score (nSPS) is 12.3. The molecule has 0 aromatic heterocycles. The number of nitrogens with zero attached hydrogens (tertiary/aromatic N) is 1. The molecule has 0 heterocycles. The van der Waals surface area contributed by atoms with Gasteiger partial charge in [0.15, 0.2) is 0 Å². The van der Waals surface area contributed by atoms with Gasteiger partial charge in [-0.15, -0.1) is 0 Å². The van der Waals surface area contributed by atoms with Crippen LogP contribution in [0.5, 0.6) is 0 Å². The number of hydrogen-bond acceptors (Lipinski definition) is 5. The summed E-state index contributed by atoms with van der Waals surface area (Å²) in [6.45, 7) is 3.34. The molecule has 0 saturated heterocycles. The molecular weight excluding hydrogens is 451 g/mol. The van der Waals surface area contributed by atoms with Crippen molar-refractivity contribution in [2.75, 3.05) is 17.5 Å². The van der Waals surface area contributed by atoms with Gasteiger partial charge in [-0.3, -0.25) is 4.31 Å². The molecule has 0 aliphatic heterocycles. The number of ether oxygens (including phenoxy) is 1. The lowest BCUT2D eigenvalue weighted by molar-refractivity contribution is 0.141. The highest BCUT2D eigenvalue weighted by Crippen LogP contribution is 2.32. The molecule has 1 amide bonds. The smallest absolute Gasteiger partial charge is 0.407 e. The quantitative estimate of drug-likeness (QED) is 0.567. The fourth-order valence-electron chi connectivity index (χ4n) is 2.74. The first-order valence-corrected chi connectivity index (χ1v) is 11.5. The molecule has 10 heteroatoms. The van der Waals surface area contributed by atoms with E-state index in [4.69, 9.17) is 27.9 Å². The Morgan fingerprint density at radius 2 is 1.80 bits per heavy atom. The first kappa shape index (κ1) is 24.3. The van der Waals surface area contributed by atoms with Crippen LogP contribution in [0.15, 0.2) is 47.4 Å². The Hall–Kier alpha value is -2.00. The van der Waals surface area contributed by atoms with Gasteiger partial charge in [0.2, 0.25) is 0 Å². The lowest BCUT2D eigenvalue weighted by Crippen LogP contribution is -2.43. The van der Waals surface area contributed by atoms with E-state index < -0.39 is 28.8 Å². The summed E-state index contributed by atoms with van der Waals surface area (Å²) in [4.78, 5) is 11.8. The minimum Gasteiger partial charge on any atom is -0.447 e. The summed E-state index contributed by atoms with van der Waals surface area (Å²) in [7, 11) is -4.09. The number of anilines is 1. The molecule has 2 N–H and O–H groups in total. The van der Waals surface area contributed by atoms with Crippen LogP contribution in [0.3, 0.4) is 0 Å². The zero-order chi connectivity index (χ0) is 22.3. The molecule has 2 aromatic carbocycles. The maximum absolute atomic E-state index is 13.5. The molecule has 30 heavy (non-hydrogen) atoms. The van der Waals surface area contributed by atoms with Crippen LogP contribution in [0.2, 0.25) is 10.0 Å². The van der Waals surface area contributed by atoms with Gasteiger partial charge in [-0.05, 0) is 49.7 Å². The van der Waals surface area contributed by atoms with E-state index >= 15 is 0 Å². The van der Waals surface area contributed by atoms with Gasteiger partial charge in [0.25, 0.3) is 10.0 Å².